The van der Waals surface area contributed by atoms with Crippen molar-refractivity contribution in [2.45, 2.75) is 40.0 Å². The van der Waals surface area contributed by atoms with Crippen LogP contribution in [0.1, 0.15) is 58.5 Å². The van der Waals surface area contributed by atoms with Crippen molar-refractivity contribution in [1.29, 1.82) is 0 Å². The second-order valence-corrected chi connectivity index (χ2v) is 9.36. The van der Waals surface area contributed by atoms with Gasteiger partial charge in [-0.05, 0) is 36.2 Å². The maximum Gasteiger partial charge on any atom is 0.341 e. The predicted molar refractivity (Wildman–Crippen MR) is 108 cm³/mol. The summed E-state index contributed by atoms with van der Waals surface area (Å²) in [6, 6.07) is 0. The molecule has 29 heavy (non-hydrogen) atoms. The average molecular weight is 420 g/mol. The van der Waals surface area contributed by atoms with Gasteiger partial charge < -0.3 is 10.1 Å². The maximum absolute atomic E-state index is 12.7. The smallest absolute Gasteiger partial charge is 0.341 e. The van der Waals surface area contributed by atoms with Gasteiger partial charge in [0.25, 0.3) is 5.91 Å². The minimum absolute atomic E-state index is 0.130. The van der Waals surface area contributed by atoms with Crippen LogP contribution in [0.15, 0.2) is 6.20 Å². The van der Waals surface area contributed by atoms with Gasteiger partial charge >= 0.3 is 11.7 Å². The largest absolute Gasteiger partial charge is 0.465 e. The van der Waals surface area contributed by atoms with Crippen LogP contribution in [0.25, 0.3) is 0 Å². The van der Waals surface area contributed by atoms with Gasteiger partial charge in [0.2, 0.25) is 5.69 Å². The van der Waals surface area contributed by atoms with E-state index in [1.165, 1.54) is 36.4 Å². The second-order valence-electron chi connectivity index (χ2n) is 8.25. The van der Waals surface area contributed by atoms with Gasteiger partial charge in [-0.15, -0.1) is 11.3 Å². The molecule has 9 nitrogen and oxygen atoms in total. The number of anilines is 1. The highest BCUT2D eigenvalue weighted by Gasteiger charge is 2.35. The molecule has 0 radical (unpaired) electrons. The van der Waals surface area contributed by atoms with E-state index in [2.05, 4.69) is 31.2 Å². The number of amides is 1. The van der Waals surface area contributed by atoms with Crippen LogP contribution in [-0.2, 0) is 24.6 Å². The molecule has 1 N–H and O–H groups in total. The third-order valence-corrected chi connectivity index (χ3v) is 6.50. The van der Waals surface area contributed by atoms with E-state index in [0.717, 1.165) is 29.7 Å². The third-order valence-electron chi connectivity index (χ3n) is 5.33. The Hall–Kier alpha value is -2.75. The van der Waals surface area contributed by atoms with Gasteiger partial charge in [-0.25, -0.2) is 4.79 Å². The number of thiophene rings is 1. The van der Waals surface area contributed by atoms with Crippen LogP contribution in [0.2, 0.25) is 0 Å². The lowest BCUT2D eigenvalue weighted by Gasteiger charge is -2.33. The standard InChI is InChI=1S/C19H24N4O5S/c1-19(2,3)10-6-7-11-13(8-10)29-17(14(11)18(25)28-5)20-16(24)15-12(23(26)27)9-22(4)21-15/h9-10H,6-8H2,1-5H3,(H,20,24)/t10-/m0/s1. The van der Waals surface area contributed by atoms with E-state index in [9.17, 15) is 19.7 Å². The number of nitrogens with one attached hydrogen (secondary N) is 1. The van der Waals surface area contributed by atoms with Crippen molar-refractivity contribution in [2.24, 2.45) is 18.4 Å². The number of nitrogens with zero attached hydrogens (tertiary/aromatic N) is 3. The summed E-state index contributed by atoms with van der Waals surface area (Å²) in [5, 5.41) is 18.1. The number of carbonyl (C=O) groups is 2. The van der Waals surface area contributed by atoms with Crippen LogP contribution < -0.4 is 5.32 Å². The molecule has 0 spiro atoms. The molecule has 0 aromatic carbocycles. The normalized spacial score (nSPS) is 16.2. The van der Waals surface area contributed by atoms with Crippen molar-refractivity contribution < 1.29 is 19.2 Å². The lowest BCUT2D eigenvalue weighted by Crippen LogP contribution is -2.26. The molecule has 2 heterocycles. The number of rotatable bonds is 4. The molecule has 2 aromatic rings. The van der Waals surface area contributed by atoms with E-state index < -0.39 is 22.5 Å². The first-order valence-electron chi connectivity index (χ1n) is 9.25. The molecule has 1 aliphatic rings. The van der Waals surface area contributed by atoms with Gasteiger partial charge in [0, 0.05) is 11.9 Å². The number of hydrogen-bond donors (Lipinski definition) is 1. The van der Waals surface area contributed by atoms with Gasteiger partial charge in [-0.1, -0.05) is 20.8 Å². The lowest BCUT2D eigenvalue weighted by atomic mass is 9.72. The van der Waals surface area contributed by atoms with Crippen molar-refractivity contribution in [3.8, 4) is 0 Å². The molecular formula is C19H24N4O5S. The number of aryl methyl sites for hydroxylation is 1. The van der Waals surface area contributed by atoms with Crippen LogP contribution in [0, 0.1) is 21.4 Å². The third kappa shape index (κ3) is 4.02. The zero-order valence-corrected chi connectivity index (χ0v) is 17.9. The van der Waals surface area contributed by atoms with E-state index in [0.29, 0.717) is 16.5 Å². The number of hydrogen-bond acceptors (Lipinski definition) is 7. The van der Waals surface area contributed by atoms with E-state index in [1.807, 2.05) is 0 Å². The molecule has 0 saturated carbocycles. The molecule has 1 amide bonds. The van der Waals surface area contributed by atoms with Crippen molar-refractivity contribution >= 4 is 33.9 Å². The van der Waals surface area contributed by atoms with E-state index in [4.69, 9.17) is 4.74 Å². The number of methoxy groups -OCH3 is 1. The van der Waals surface area contributed by atoms with Crippen LogP contribution >= 0.6 is 11.3 Å². The van der Waals surface area contributed by atoms with E-state index in [-0.39, 0.29) is 11.1 Å². The minimum atomic E-state index is -0.728. The fourth-order valence-electron chi connectivity index (χ4n) is 3.66. The monoisotopic (exact) mass is 420 g/mol. The number of esters is 1. The summed E-state index contributed by atoms with van der Waals surface area (Å²) in [5.41, 5.74) is 0.677. The fraction of sp³-hybridized carbons (Fsp3) is 0.526. The number of aromatic nitrogens is 2. The van der Waals surface area contributed by atoms with Crippen LogP contribution in [0.4, 0.5) is 10.7 Å². The summed E-state index contributed by atoms with van der Waals surface area (Å²) in [6.07, 6.45) is 3.64. The minimum Gasteiger partial charge on any atom is -0.465 e. The SMILES string of the molecule is COC(=O)c1c(NC(=O)c2nn(C)cc2[N+](=O)[O-])sc2c1CC[C@H](C(C)(C)C)C2. The topological polar surface area (TPSA) is 116 Å². The Labute approximate surface area is 172 Å². The molecule has 156 valence electrons. The number of nitro groups is 1. The Balaban J connectivity index is 1.98. The first kappa shape index (κ1) is 21.0. The molecule has 0 fully saturated rings. The summed E-state index contributed by atoms with van der Waals surface area (Å²) in [7, 11) is 2.79. The molecule has 10 heteroatoms. The Morgan fingerprint density at radius 3 is 2.69 bits per heavy atom. The molecule has 0 saturated heterocycles. The maximum atomic E-state index is 12.7. The molecular weight excluding hydrogens is 396 g/mol. The predicted octanol–water partition coefficient (Wildman–Crippen LogP) is 3.58. The molecule has 3 rings (SSSR count). The van der Waals surface area contributed by atoms with Crippen molar-refractivity contribution in [3.05, 3.63) is 38.0 Å². The Kier molecular flexibility index (Phi) is 5.48. The van der Waals surface area contributed by atoms with Gasteiger partial charge in [-0.3, -0.25) is 19.6 Å². The first-order valence-corrected chi connectivity index (χ1v) is 10.1. The zero-order valence-electron chi connectivity index (χ0n) is 17.1. The summed E-state index contributed by atoms with van der Waals surface area (Å²) in [4.78, 5) is 36.8. The van der Waals surface area contributed by atoms with Crippen LogP contribution in [-0.4, -0.2) is 33.7 Å². The quantitative estimate of drug-likeness (QED) is 0.459. The highest BCUT2D eigenvalue weighted by atomic mass is 32.1. The Bertz CT molecular complexity index is 986. The number of fused-ring (bicyclic) bond motifs is 1. The summed E-state index contributed by atoms with van der Waals surface area (Å²) >= 11 is 1.33. The molecule has 2 aromatic heterocycles. The van der Waals surface area contributed by atoms with Gasteiger partial charge in [-0.2, -0.15) is 5.10 Å². The highest BCUT2D eigenvalue weighted by molar-refractivity contribution is 7.17. The van der Waals surface area contributed by atoms with Crippen molar-refractivity contribution in [3.63, 3.8) is 0 Å². The van der Waals surface area contributed by atoms with Gasteiger partial charge in [0.15, 0.2) is 0 Å². The molecule has 0 bridgehead atoms. The molecule has 1 atom stereocenters. The van der Waals surface area contributed by atoms with Crippen LogP contribution in [0.3, 0.4) is 0 Å². The van der Waals surface area contributed by atoms with Crippen molar-refractivity contribution in [1.82, 2.24) is 9.78 Å². The Morgan fingerprint density at radius 2 is 2.10 bits per heavy atom. The molecule has 0 unspecified atom stereocenters. The zero-order chi connectivity index (χ0) is 21.5. The van der Waals surface area contributed by atoms with Crippen LogP contribution in [0.5, 0.6) is 0 Å². The van der Waals surface area contributed by atoms with Gasteiger partial charge in [0.1, 0.15) is 11.2 Å². The van der Waals surface area contributed by atoms with Crippen molar-refractivity contribution in [2.75, 3.05) is 12.4 Å². The highest BCUT2D eigenvalue weighted by Crippen LogP contribution is 2.44. The summed E-state index contributed by atoms with van der Waals surface area (Å²) in [6.45, 7) is 6.58. The van der Waals surface area contributed by atoms with E-state index >= 15 is 0 Å². The summed E-state index contributed by atoms with van der Waals surface area (Å²) in [5.74, 6) is -0.796. The summed E-state index contributed by atoms with van der Waals surface area (Å²) < 4.78 is 6.15. The van der Waals surface area contributed by atoms with Gasteiger partial charge in [0.05, 0.1) is 17.6 Å². The average Bonchev–Trinajstić information content (AvgIpc) is 3.20. The number of carbonyl (C=O) groups excluding carboxylic acids is 2. The Morgan fingerprint density at radius 1 is 1.41 bits per heavy atom. The first-order chi connectivity index (χ1) is 13.5. The second kappa shape index (κ2) is 7.58. The number of ether oxygens (including phenoxy) is 1. The lowest BCUT2D eigenvalue weighted by molar-refractivity contribution is -0.385. The fourth-order valence-corrected chi connectivity index (χ4v) is 4.98. The molecule has 1 aliphatic carbocycles. The van der Waals surface area contributed by atoms with E-state index in [1.54, 1.807) is 0 Å². The molecule has 0 aliphatic heterocycles.